The van der Waals surface area contributed by atoms with E-state index in [1.165, 1.54) is 10.2 Å². The molecule has 0 saturated heterocycles. The largest absolute Gasteiger partial charge is 0.350 e. The number of amides is 1. The lowest BCUT2D eigenvalue weighted by Crippen LogP contribution is -2.34. The first-order valence-electron chi connectivity index (χ1n) is 8.66. The molecule has 0 fully saturated rings. The Morgan fingerprint density at radius 1 is 1.04 bits per heavy atom. The number of hydrogen-bond donors (Lipinski definition) is 1. The van der Waals surface area contributed by atoms with Crippen molar-refractivity contribution in [2.24, 2.45) is 0 Å². The highest BCUT2D eigenvalue weighted by molar-refractivity contribution is 5.83. The molecule has 0 radical (unpaired) electrons. The molecule has 1 N–H and O–H groups in total. The monoisotopic (exact) mass is 349 g/mol. The van der Waals surface area contributed by atoms with Gasteiger partial charge in [-0.15, -0.1) is 0 Å². The Hall–Kier alpha value is -2.95. The van der Waals surface area contributed by atoms with E-state index in [4.69, 9.17) is 0 Å². The summed E-state index contributed by atoms with van der Waals surface area (Å²) in [6.45, 7) is 8.34. The maximum Gasteiger partial charge on any atom is 0.275 e. The molecule has 0 aliphatic carbocycles. The highest BCUT2D eigenvalue weighted by atomic mass is 16.2. The van der Waals surface area contributed by atoms with Gasteiger partial charge in [-0.1, -0.05) is 35.9 Å². The van der Waals surface area contributed by atoms with Gasteiger partial charge in [0.05, 0.1) is 11.1 Å². The summed E-state index contributed by atoms with van der Waals surface area (Å²) in [5, 5.41) is 8.59. The summed E-state index contributed by atoms with van der Waals surface area (Å²) in [4.78, 5) is 24.9. The van der Waals surface area contributed by atoms with Crippen LogP contribution in [0.1, 0.15) is 27.9 Å². The molecule has 0 aliphatic rings. The SMILES string of the molecule is Cc1cc(C)c(CNC(=O)Cn2nc(C)c3ccccc3c2=O)c(C)c1. The summed E-state index contributed by atoms with van der Waals surface area (Å²) in [7, 11) is 0. The quantitative estimate of drug-likeness (QED) is 0.788. The maximum absolute atomic E-state index is 12.6. The molecular formula is C21H23N3O2. The Bertz CT molecular complexity index is 1030. The second kappa shape index (κ2) is 7.12. The Morgan fingerprint density at radius 3 is 2.31 bits per heavy atom. The van der Waals surface area contributed by atoms with Crippen molar-refractivity contribution in [3.63, 3.8) is 0 Å². The number of hydrogen-bond acceptors (Lipinski definition) is 3. The molecule has 0 bridgehead atoms. The Morgan fingerprint density at radius 2 is 1.65 bits per heavy atom. The fourth-order valence-corrected chi connectivity index (χ4v) is 3.38. The van der Waals surface area contributed by atoms with E-state index in [0.29, 0.717) is 11.9 Å². The molecule has 5 heteroatoms. The molecule has 1 heterocycles. The van der Waals surface area contributed by atoms with Crippen molar-refractivity contribution in [3.8, 4) is 0 Å². The zero-order valence-electron chi connectivity index (χ0n) is 15.6. The van der Waals surface area contributed by atoms with Crippen LogP contribution in [0.2, 0.25) is 0 Å². The average molecular weight is 349 g/mol. The van der Waals surface area contributed by atoms with Gasteiger partial charge >= 0.3 is 0 Å². The van der Waals surface area contributed by atoms with Crippen LogP contribution in [0.25, 0.3) is 10.8 Å². The van der Waals surface area contributed by atoms with Gasteiger partial charge < -0.3 is 5.32 Å². The van der Waals surface area contributed by atoms with E-state index >= 15 is 0 Å². The number of carbonyl (C=O) groups is 1. The van der Waals surface area contributed by atoms with Gasteiger partial charge in [0.1, 0.15) is 6.54 Å². The number of aryl methyl sites for hydroxylation is 4. The van der Waals surface area contributed by atoms with E-state index in [9.17, 15) is 9.59 Å². The van der Waals surface area contributed by atoms with Gasteiger partial charge in [-0.2, -0.15) is 5.10 Å². The normalized spacial score (nSPS) is 10.9. The van der Waals surface area contributed by atoms with Gasteiger partial charge in [0.2, 0.25) is 5.91 Å². The molecule has 1 amide bonds. The van der Waals surface area contributed by atoms with Gasteiger partial charge in [0.25, 0.3) is 5.56 Å². The second-order valence-corrected chi connectivity index (χ2v) is 6.75. The van der Waals surface area contributed by atoms with Gasteiger partial charge in [0, 0.05) is 11.9 Å². The van der Waals surface area contributed by atoms with Gasteiger partial charge in [-0.3, -0.25) is 9.59 Å². The first-order chi connectivity index (χ1) is 12.4. The molecule has 2 aromatic carbocycles. The van der Waals surface area contributed by atoms with Crippen LogP contribution in [0.4, 0.5) is 0 Å². The van der Waals surface area contributed by atoms with E-state index in [2.05, 4.69) is 29.5 Å². The van der Waals surface area contributed by atoms with E-state index in [1.54, 1.807) is 6.07 Å². The van der Waals surface area contributed by atoms with Crippen LogP contribution in [0, 0.1) is 27.7 Å². The van der Waals surface area contributed by atoms with Crippen molar-refractivity contribution in [1.82, 2.24) is 15.1 Å². The zero-order valence-corrected chi connectivity index (χ0v) is 15.6. The van der Waals surface area contributed by atoms with Crippen LogP contribution in [0.5, 0.6) is 0 Å². The zero-order chi connectivity index (χ0) is 18.8. The van der Waals surface area contributed by atoms with Crippen LogP contribution in [-0.2, 0) is 17.9 Å². The first kappa shape index (κ1) is 17.9. The summed E-state index contributed by atoms with van der Waals surface area (Å²) >= 11 is 0. The molecule has 0 saturated carbocycles. The Kier molecular flexibility index (Phi) is 4.89. The van der Waals surface area contributed by atoms with Crippen molar-refractivity contribution in [2.75, 3.05) is 0 Å². The molecule has 3 rings (SSSR count). The number of fused-ring (bicyclic) bond motifs is 1. The molecule has 0 aliphatic heterocycles. The minimum Gasteiger partial charge on any atom is -0.350 e. The maximum atomic E-state index is 12.6. The minimum absolute atomic E-state index is 0.0888. The van der Waals surface area contributed by atoms with Gasteiger partial charge in [-0.05, 0) is 50.5 Å². The predicted octanol–water partition coefficient (Wildman–Crippen LogP) is 2.95. The summed E-state index contributed by atoms with van der Waals surface area (Å²) in [6.07, 6.45) is 0. The fraction of sp³-hybridized carbons (Fsp3) is 0.286. The Labute approximate surface area is 152 Å². The van der Waals surface area contributed by atoms with Crippen molar-refractivity contribution in [3.05, 3.63) is 74.7 Å². The molecule has 1 aromatic heterocycles. The summed E-state index contributed by atoms with van der Waals surface area (Å²) in [5.74, 6) is -0.228. The van der Waals surface area contributed by atoms with Crippen LogP contribution < -0.4 is 10.9 Å². The van der Waals surface area contributed by atoms with Crippen LogP contribution in [-0.4, -0.2) is 15.7 Å². The van der Waals surface area contributed by atoms with Crippen LogP contribution >= 0.6 is 0 Å². The molecule has 0 spiro atoms. The molecular weight excluding hydrogens is 326 g/mol. The topological polar surface area (TPSA) is 64.0 Å². The number of nitrogens with zero attached hydrogens (tertiary/aromatic N) is 2. The van der Waals surface area contributed by atoms with Crippen molar-refractivity contribution < 1.29 is 4.79 Å². The molecule has 0 unspecified atom stereocenters. The van der Waals surface area contributed by atoms with Crippen molar-refractivity contribution >= 4 is 16.7 Å². The Balaban J connectivity index is 1.78. The summed E-state index contributed by atoms with van der Waals surface area (Å²) < 4.78 is 1.24. The third-order valence-electron chi connectivity index (χ3n) is 4.65. The lowest BCUT2D eigenvalue weighted by atomic mass is 10.00. The van der Waals surface area contributed by atoms with E-state index in [-0.39, 0.29) is 18.0 Å². The van der Waals surface area contributed by atoms with Crippen LogP contribution in [0.3, 0.4) is 0 Å². The molecule has 26 heavy (non-hydrogen) atoms. The third kappa shape index (κ3) is 3.52. The highest BCUT2D eigenvalue weighted by Crippen LogP contribution is 2.16. The predicted molar refractivity (Wildman–Crippen MR) is 103 cm³/mol. The molecule has 0 atom stereocenters. The minimum atomic E-state index is -0.246. The molecule has 3 aromatic rings. The van der Waals surface area contributed by atoms with E-state index in [1.807, 2.05) is 39.0 Å². The van der Waals surface area contributed by atoms with Crippen molar-refractivity contribution in [2.45, 2.75) is 40.8 Å². The van der Waals surface area contributed by atoms with E-state index < -0.39 is 0 Å². The summed E-state index contributed by atoms with van der Waals surface area (Å²) in [6, 6.07) is 11.5. The smallest absolute Gasteiger partial charge is 0.275 e. The lowest BCUT2D eigenvalue weighted by molar-refractivity contribution is -0.122. The number of rotatable bonds is 4. The van der Waals surface area contributed by atoms with Gasteiger partial charge in [0.15, 0.2) is 0 Å². The third-order valence-corrected chi connectivity index (χ3v) is 4.65. The number of aromatic nitrogens is 2. The number of nitrogens with one attached hydrogen (secondary N) is 1. The van der Waals surface area contributed by atoms with Gasteiger partial charge in [-0.25, -0.2) is 4.68 Å². The van der Waals surface area contributed by atoms with Crippen LogP contribution in [0.15, 0.2) is 41.2 Å². The lowest BCUT2D eigenvalue weighted by Gasteiger charge is -2.13. The number of carbonyl (C=O) groups excluding carboxylic acids is 1. The van der Waals surface area contributed by atoms with Crippen molar-refractivity contribution in [1.29, 1.82) is 0 Å². The fourth-order valence-electron chi connectivity index (χ4n) is 3.38. The molecule has 134 valence electrons. The summed E-state index contributed by atoms with van der Waals surface area (Å²) in [5.41, 5.74) is 5.11. The molecule has 5 nitrogen and oxygen atoms in total. The first-order valence-corrected chi connectivity index (χ1v) is 8.66. The second-order valence-electron chi connectivity index (χ2n) is 6.75. The standard InChI is InChI=1S/C21H23N3O2/c1-13-9-14(2)19(15(3)10-13)11-22-20(25)12-24-21(26)18-8-6-5-7-17(18)16(4)23-24/h5-10H,11-12H2,1-4H3,(H,22,25). The number of benzene rings is 2. The van der Waals surface area contributed by atoms with E-state index in [0.717, 1.165) is 27.8 Å². The average Bonchev–Trinajstić information content (AvgIpc) is 2.58. The highest BCUT2D eigenvalue weighted by Gasteiger charge is 2.11.